The van der Waals surface area contributed by atoms with E-state index in [4.69, 9.17) is 9.47 Å². The summed E-state index contributed by atoms with van der Waals surface area (Å²) >= 11 is 0. The molecule has 1 aromatic carbocycles. The molecule has 2 rings (SSSR count). The van der Waals surface area contributed by atoms with Gasteiger partial charge in [0.15, 0.2) is 11.4 Å². The number of aromatic hydroxyl groups is 1. The molecule has 1 aromatic heterocycles. The smallest absolute Gasteiger partial charge is 0.284 e. The number of ether oxygens (including phenoxy) is 2. The first-order valence-corrected chi connectivity index (χ1v) is 12.4. The van der Waals surface area contributed by atoms with Gasteiger partial charge in [0.1, 0.15) is 11.3 Å². The average Bonchev–Trinajstić information content (AvgIpc) is 2.89. The Hall–Kier alpha value is -3.62. The van der Waals surface area contributed by atoms with Crippen LogP contribution in [0.5, 0.6) is 11.6 Å². The minimum atomic E-state index is -0.588. The number of hydrogen-bond donors (Lipinski definition) is 1. The molecule has 1 amide bonds. The Morgan fingerprint density at radius 3 is 2.19 bits per heavy atom. The van der Waals surface area contributed by atoms with E-state index in [0.29, 0.717) is 17.9 Å². The van der Waals surface area contributed by atoms with E-state index in [1.165, 1.54) is 14.2 Å². The van der Waals surface area contributed by atoms with Crippen molar-refractivity contribution in [3.63, 3.8) is 0 Å². The number of aromatic nitrogens is 1. The van der Waals surface area contributed by atoms with Crippen molar-refractivity contribution in [3.05, 3.63) is 52.3 Å². The van der Waals surface area contributed by atoms with Crippen molar-refractivity contribution < 1.29 is 19.4 Å². The lowest BCUT2D eigenvalue weighted by molar-refractivity contribution is 0.0751. The average molecular weight is 499 g/mol. The Morgan fingerprint density at radius 1 is 1.06 bits per heavy atom. The van der Waals surface area contributed by atoms with Crippen molar-refractivity contribution in [2.75, 3.05) is 26.8 Å². The normalized spacial score (nSPS) is 11.0. The molecule has 0 saturated heterocycles. The molecule has 0 spiro atoms. The SMILES string of the molecule is C=C(OCCC)c1c(OC)c(N=Nc2ccc(C(=O)N(CCCC)CCCC)cc2)c(=O)n(C)c1O. The first kappa shape index (κ1) is 28.6. The molecule has 0 fully saturated rings. The minimum Gasteiger partial charge on any atom is -0.494 e. The summed E-state index contributed by atoms with van der Waals surface area (Å²) in [6.07, 6.45) is 4.71. The zero-order chi connectivity index (χ0) is 26.7. The summed E-state index contributed by atoms with van der Waals surface area (Å²) in [4.78, 5) is 27.7. The summed E-state index contributed by atoms with van der Waals surface area (Å²) in [6.45, 7) is 11.9. The fraction of sp³-hybridized carbons (Fsp3) is 0.481. The fourth-order valence-corrected chi connectivity index (χ4v) is 3.55. The molecule has 9 heteroatoms. The highest BCUT2D eigenvalue weighted by Gasteiger charge is 2.24. The predicted molar refractivity (Wildman–Crippen MR) is 142 cm³/mol. The predicted octanol–water partition coefficient (Wildman–Crippen LogP) is 5.95. The number of nitrogens with zero attached hydrogens (tertiary/aromatic N) is 4. The van der Waals surface area contributed by atoms with Gasteiger partial charge in [0, 0.05) is 25.7 Å². The zero-order valence-electron chi connectivity index (χ0n) is 22.0. The summed E-state index contributed by atoms with van der Waals surface area (Å²) in [6, 6.07) is 6.77. The van der Waals surface area contributed by atoms with Crippen LogP contribution in [0.4, 0.5) is 11.4 Å². The molecule has 0 aliphatic rings. The molecule has 0 saturated carbocycles. The van der Waals surface area contributed by atoms with Crippen LogP contribution < -0.4 is 10.3 Å². The fourth-order valence-electron chi connectivity index (χ4n) is 3.55. The van der Waals surface area contributed by atoms with E-state index in [2.05, 4.69) is 30.7 Å². The number of carbonyl (C=O) groups is 1. The number of amides is 1. The number of pyridine rings is 1. The van der Waals surface area contributed by atoms with Gasteiger partial charge in [0.2, 0.25) is 5.88 Å². The van der Waals surface area contributed by atoms with Crippen molar-refractivity contribution in [1.82, 2.24) is 9.47 Å². The van der Waals surface area contributed by atoms with Crippen LogP contribution in [0.15, 0.2) is 45.9 Å². The molecule has 0 aliphatic carbocycles. The van der Waals surface area contributed by atoms with Gasteiger partial charge in [0.25, 0.3) is 11.5 Å². The number of carbonyl (C=O) groups excluding carboxylic acids is 1. The molecular weight excluding hydrogens is 460 g/mol. The maximum atomic E-state index is 13.0. The van der Waals surface area contributed by atoms with Crippen LogP contribution in [0, 0.1) is 0 Å². The standard InChI is InChI=1S/C27H38N4O5/c1-7-10-16-31(17-11-8-2)25(32)20-12-14-21(15-13-20)28-29-23-24(35-6)22(19(4)36-18-9-3)26(33)30(5)27(23)34/h12-15,33H,4,7-11,16-18H2,1-3,5-6H3. The lowest BCUT2D eigenvalue weighted by atomic mass is 10.1. The van der Waals surface area contributed by atoms with Crippen LogP contribution in [0.1, 0.15) is 68.8 Å². The Morgan fingerprint density at radius 2 is 1.67 bits per heavy atom. The van der Waals surface area contributed by atoms with Gasteiger partial charge in [-0.05, 0) is 43.5 Å². The molecule has 0 aliphatic heterocycles. The molecule has 0 atom stereocenters. The van der Waals surface area contributed by atoms with E-state index in [1.807, 2.05) is 11.8 Å². The quantitative estimate of drug-likeness (QED) is 0.256. The summed E-state index contributed by atoms with van der Waals surface area (Å²) in [5, 5.41) is 18.8. The Kier molecular flexibility index (Phi) is 11.2. The van der Waals surface area contributed by atoms with E-state index in [1.54, 1.807) is 24.3 Å². The minimum absolute atomic E-state index is 0.00954. The molecule has 0 radical (unpaired) electrons. The summed E-state index contributed by atoms with van der Waals surface area (Å²) in [5.74, 6) is -0.160. The van der Waals surface area contributed by atoms with Crippen LogP contribution >= 0.6 is 0 Å². The third-order valence-corrected chi connectivity index (χ3v) is 5.68. The summed E-state index contributed by atoms with van der Waals surface area (Å²) in [7, 11) is 2.78. The lowest BCUT2D eigenvalue weighted by Crippen LogP contribution is -2.32. The Labute approximate surface area is 213 Å². The zero-order valence-corrected chi connectivity index (χ0v) is 22.0. The third-order valence-electron chi connectivity index (χ3n) is 5.68. The van der Waals surface area contributed by atoms with E-state index < -0.39 is 5.56 Å². The molecule has 2 aromatic rings. The molecule has 9 nitrogen and oxygen atoms in total. The monoisotopic (exact) mass is 498 g/mol. The van der Waals surface area contributed by atoms with E-state index in [0.717, 1.165) is 49.8 Å². The van der Waals surface area contributed by atoms with Gasteiger partial charge in [0.05, 0.1) is 19.4 Å². The van der Waals surface area contributed by atoms with Crippen molar-refractivity contribution in [1.29, 1.82) is 0 Å². The highest BCUT2D eigenvalue weighted by atomic mass is 16.5. The first-order valence-electron chi connectivity index (χ1n) is 12.4. The highest BCUT2D eigenvalue weighted by molar-refractivity contribution is 5.94. The van der Waals surface area contributed by atoms with Crippen molar-refractivity contribution in [2.24, 2.45) is 17.3 Å². The second-order valence-corrected chi connectivity index (χ2v) is 8.46. The number of unbranched alkanes of at least 4 members (excludes halogenated alkanes) is 2. The van der Waals surface area contributed by atoms with Gasteiger partial charge in [-0.3, -0.25) is 14.2 Å². The largest absolute Gasteiger partial charge is 0.494 e. The van der Waals surface area contributed by atoms with Crippen LogP contribution in [0.2, 0.25) is 0 Å². The molecule has 0 unspecified atom stereocenters. The van der Waals surface area contributed by atoms with Gasteiger partial charge < -0.3 is 19.5 Å². The molecule has 1 heterocycles. The maximum absolute atomic E-state index is 13.0. The van der Waals surface area contributed by atoms with Crippen LogP contribution in [-0.4, -0.2) is 47.3 Å². The summed E-state index contributed by atoms with van der Waals surface area (Å²) in [5.41, 5.74) is 0.488. The molecule has 196 valence electrons. The third kappa shape index (κ3) is 6.96. The van der Waals surface area contributed by atoms with Crippen molar-refractivity contribution >= 4 is 23.0 Å². The number of hydrogen-bond acceptors (Lipinski definition) is 7. The van der Waals surface area contributed by atoms with E-state index in [9.17, 15) is 14.7 Å². The summed E-state index contributed by atoms with van der Waals surface area (Å²) < 4.78 is 12.0. The molecule has 0 bridgehead atoms. The highest BCUT2D eigenvalue weighted by Crippen LogP contribution is 2.39. The molecular formula is C27H38N4O5. The van der Waals surface area contributed by atoms with Crippen molar-refractivity contribution in [3.8, 4) is 11.6 Å². The number of methoxy groups -OCH3 is 1. The first-order chi connectivity index (χ1) is 17.3. The van der Waals surface area contributed by atoms with Gasteiger partial charge in [-0.15, -0.1) is 5.11 Å². The van der Waals surface area contributed by atoms with Gasteiger partial charge in [-0.1, -0.05) is 40.2 Å². The van der Waals surface area contributed by atoms with Crippen LogP contribution in [0.3, 0.4) is 0 Å². The maximum Gasteiger partial charge on any atom is 0.284 e. The second kappa shape index (κ2) is 14.1. The van der Waals surface area contributed by atoms with Crippen molar-refractivity contribution in [2.45, 2.75) is 52.9 Å². The second-order valence-electron chi connectivity index (χ2n) is 8.46. The van der Waals surface area contributed by atoms with Crippen LogP contribution in [0.25, 0.3) is 5.76 Å². The van der Waals surface area contributed by atoms with Crippen LogP contribution in [-0.2, 0) is 11.8 Å². The van der Waals surface area contributed by atoms with E-state index >= 15 is 0 Å². The molecule has 36 heavy (non-hydrogen) atoms. The molecule has 1 N–H and O–H groups in total. The van der Waals surface area contributed by atoms with Gasteiger partial charge in [-0.25, -0.2) is 0 Å². The number of benzene rings is 1. The Balaban J connectivity index is 2.35. The van der Waals surface area contributed by atoms with Gasteiger partial charge >= 0.3 is 0 Å². The van der Waals surface area contributed by atoms with E-state index in [-0.39, 0.29) is 34.5 Å². The lowest BCUT2D eigenvalue weighted by Gasteiger charge is -2.22. The Bertz CT molecular complexity index is 1110. The number of azo groups is 1. The topological polar surface area (TPSA) is 106 Å². The number of rotatable bonds is 14. The van der Waals surface area contributed by atoms with Gasteiger partial charge in [-0.2, -0.15) is 5.11 Å².